The minimum absolute atomic E-state index is 0.0325. The van der Waals surface area contributed by atoms with Crippen molar-refractivity contribution in [3.8, 4) is 17.4 Å². The second kappa shape index (κ2) is 8.66. The number of hydrogen-bond acceptors (Lipinski definition) is 7. The molecule has 0 spiro atoms. The van der Waals surface area contributed by atoms with E-state index in [2.05, 4.69) is 27.4 Å². The van der Waals surface area contributed by atoms with Crippen molar-refractivity contribution in [1.29, 1.82) is 0 Å². The van der Waals surface area contributed by atoms with Gasteiger partial charge in [-0.25, -0.2) is 9.97 Å². The highest BCUT2D eigenvalue weighted by Gasteiger charge is 2.34. The lowest BCUT2D eigenvalue weighted by Gasteiger charge is -2.30. The van der Waals surface area contributed by atoms with E-state index in [1.54, 1.807) is 19.2 Å². The Hall–Kier alpha value is -4.98. The zero-order valence-corrected chi connectivity index (χ0v) is 19.2. The Morgan fingerprint density at radius 3 is 2.44 bits per heavy atom. The van der Waals surface area contributed by atoms with Crippen molar-refractivity contribution in [2.24, 2.45) is 0 Å². The van der Waals surface area contributed by atoms with E-state index >= 15 is 0 Å². The summed E-state index contributed by atoms with van der Waals surface area (Å²) in [6.07, 6.45) is 1.46. The van der Waals surface area contributed by atoms with Crippen molar-refractivity contribution in [2.75, 3.05) is 12.4 Å². The fourth-order valence-corrected chi connectivity index (χ4v) is 4.66. The highest BCUT2D eigenvalue weighted by molar-refractivity contribution is 5.90. The van der Waals surface area contributed by atoms with Gasteiger partial charge in [-0.3, -0.25) is 10.1 Å². The number of nitrogens with zero attached hydrogens (tertiary/aromatic N) is 3. The molecule has 36 heavy (non-hydrogen) atoms. The Kier molecular flexibility index (Phi) is 5.19. The number of fused-ring (bicyclic) bond motifs is 4. The molecule has 2 heterocycles. The Morgan fingerprint density at radius 2 is 1.69 bits per heavy atom. The molecular weight excluding hydrogens is 456 g/mol. The molecule has 0 radical (unpaired) electrons. The van der Waals surface area contributed by atoms with Crippen molar-refractivity contribution in [1.82, 2.24) is 9.97 Å². The molecule has 0 aliphatic carbocycles. The average molecular weight is 476 g/mol. The van der Waals surface area contributed by atoms with Crippen LogP contribution in [0.1, 0.15) is 22.6 Å². The molecule has 4 aromatic carbocycles. The van der Waals surface area contributed by atoms with Gasteiger partial charge in [0.1, 0.15) is 23.6 Å². The first kappa shape index (κ1) is 21.5. The number of anilines is 2. The zero-order chi connectivity index (χ0) is 24.6. The average Bonchev–Trinajstić information content (AvgIpc) is 2.92. The molecule has 1 unspecified atom stereocenters. The molecule has 1 aromatic heterocycles. The molecule has 6 rings (SSSR count). The van der Waals surface area contributed by atoms with Gasteiger partial charge in [0.15, 0.2) is 0 Å². The number of nitro groups is 1. The molecule has 0 saturated heterocycles. The molecule has 1 N–H and O–H groups in total. The van der Waals surface area contributed by atoms with Gasteiger partial charge in [0.25, 0.3) is 5.69 Å². The van der Waals surface area contributed by atoms with Crippen LogP contribution >= 0.6 is 0 Å². The van der Waals surface area contributed by atoms with E-state index in [4.69, 9.17) is 9.47 Å². The van der Waals surface area contributed by atoms with Crippen molar-refractivity contribution in [3.63, 3.8) is 0 Å². The van der Waals surface area contributed by atoms with Crippen molar-refractivity contribution >= 4 is 28.0 Å². The number of hydrogen-bond donors (Lipinski definition) is 1. The van der Waals surface area contributed by atoms with E-state index in [0.29, 0.717) is 17.4 Å². The second-order valence-electron chi connectivity index (χ2n) is 8.38. The predicted octanol–water partition coefficient (Wildman–Crippen LogP) is 6.58. The smallest absolute Gasteiger partial charge is 0.269 e. The first-order chi connectivity index (χ1) is 17.6. The minimum Gasteiger partial charge on any atom is -0.497 e. The number of rotatable bonds is 5. The summed E-state index contributed by atoms with van der Waals surface area (Å²) < 4.78 is 11.6. The van der Waals surface area contributed by atoms with E-state index < -0.39 is 4.92 Å². The molecule has 0 fully saturated rings. The third-order valence-electron chi connectivity index (χ3n) is 6.35. The number of aromatic nitrogens is 2. The normalized spacial score (nSPS) is 13.9. The van der Waals surface area contributed by atoms with Gasteiger partial charge >= 0.3 is 0 Å². The van der Waals surface area contributed by atoms with Crippen LogP contribution in [0.4, 0.5) is 17.2 Å². The quantitative estimate of drug-likeness (QED) is 0.222. The summed E-state index contributed by atoms with van der Waals surface area (Å²) in [5.41, 5.74) is 3.44. The first-order valence-electron chi connectivity index (χ1n) is 11.3. The monoisotopic (exact) mass is 476 g/mol. The lowest BCUT2D eigenvalue weighted by molar-refractivity contribution is -0.384. The summed E-state index contributed by atoms with van der Waals surface area (Å²) in [7, 11) is 1.62. The minimum atomic E-state index is -0.398. The predicted molar refractivity (Wildman–Crippen MR) is 136 cm³/mol. The molecule has 5 aromatic rings. The van der Waals surface area contributed by atoms with E-state index in [1.165, 1.54) is 18.5 Å². The number of nitrogens with one attached hydrogen (secondary N) is 1. The van der Waals surface area contributed by atoms with Crippen LogP contribution < -0.4 is 14.8 Å². The van der Waals surface area contributed by atoms with Crippen LogP contribution in [0.3, 0.4) is 0 Å². The Labute approximate surface area is 206 Å². The van der Waals surface area contributed by atoms with Crippen LogP contribution in [-0.2, 0) is 0 Å². The summed E-state index contributed by atoms with van der Waals surface area (Å²) in [5.74, 6) is 2.15. The Bertz CT molecular complexity index is 1600. The summed E-state index contributed by atoms with van der Waals surface area (Å²) in [5, 5.41) is 16.8. The maximum Gasteiger partial charge on any atom is 0.269 e. The third-order valence-corrected chi connectivity index (χ3v) is 6.35. The Morgan fingerprint density at radius 1 is 0.917 bits per heavy atom. The molecule has 8 heteroatoms. The second-order valence-corrected chi connectivity index (χ2v) is 8.38. The van der Waals surface area contributed by atoms with Crippen molar-refractivity contribution in [2.45, 2.75) is 5.92 Å². The van der Waals surface area contributed by atoms with Crippen molar-refractivity contribution < 1.29 is 14.4 Å². The largest absolute Gasteiger partial charge is 0.497 e. The molecule has 1 atom stereocenters. The summed E-state index contributed by atoms with van der Waals surface area (Å²) in [6, 6.07) is 26.2. The molecule has 0 saturated carbocycles. The lowest BCUT2D eigenvalue weighted by Crippen LogP contribution is -2.16. The maximum atomic E-state index is 11.3. The van der Waals surface area contributed by atoms with Crippen LogP contribution in [0.25, 0.3) is 10.8 Å². The lowest BCUT2D eigenvalue weighted by atomic mass is 9.81. The summed E-state index contributed by atoms with van der Waals surface area (Å²) in [6.45, 7) is 0. The van der Waals surface area contributed by atoms with E-state index in [9.17, 15) is 10.1 Å². The van der Waals surface area contributed by atoms with Gasteiger partial charge < -0.3 is 14.8 Å². The standard InChI is InChI=1S/C28H20N4O4/c1-35-21-13-9-19(10-14-21)31-27-26-24(18-6-11-20(12-7-18)32(33)34)25-22-5-3-2-4-17(22)8-15-23(25)36-28(26)30-16-29-27/h2-16,24H,1H3,(H,29,30,31). The number of nitro benzene ring substituents is 1. The fourth-order valence-electron chi connectivity index (χ4n) is 4.66. The van der Waals surface area contributed by atoms with Crippen LogP contribution in [-0.4, -0.2) is 22.0 Å². The maximum absolute atomic E-state index is 11.3. The summed E-state index contributed by atoms with van der Waals surface area (Å²) in [4.78, 5) is 19.9. The molecular formula is C28H20N4O4. The van der Waals surface area contributed by atoms with Crippen LogP contribution in [0.2, 0.25) is 0 Å². The number of non-ortho nitro benzene ring substituents is 1. The first-order valence-corrected chi connectivity index (χ1v) is 11.3. The van der Waals surface area contributed by atoms with E-state index in [0.717, 1.165) is 38.9 Å². The molecule has 0 amide bonds. The third kappa shape index (κ3) is 3.65. The molecule has 176 valence electrons. The van der Waals surface area contributed by atoms with Crippen LogP contribution in [0.5, 0.6) is 17.4 Å². The molecule has 8 nitrogen and oxygen atoms in total. The van der Waals surface area contributed by atoms with Gasteiger partial charge in [-0.1, -0.05) is 42.5 Å². The van der Waals surface area contributed by atoms with Gasteiger partial charge in [-0.05, 0) is 46.7 Å². The fraction of sp³-hybridized carbons (Fsp3) is 0.0714. The SMILES string of the molecule is COc1ccc(Nc2ncnc3c2C(c2ccc([N+](=O)[O-])cc2)c2c(ccc4ccccc24)O3)cc1. The van der Waals surface area contributed by atoms with Gasteiger partial charge in [0.05, 0.1) is 17.6 Å². The zero-order valence-electron chi connectivity index (χ0n) is 19.2. The number of methoxy groups -OCH3 is 1. The molecule has 1 aliphatic rings. The number of benzene rings is 4. The van der Waals surface area contributed by atoms with Crippen molar-refractivity contribution in [3.05, 3.63) is 118 Å². The molecule has 1 aliphatic heterocycles. The van der Waals surface area contributed by atoms with Crippen LogP contribution in [0.15, 0.2) is 91.3 Å². The van der Waals surface area contributed by atoms with E-state index in [-0.39, 0.29) is 11.6 Å². The van der Waals surface area contributed by atoms with Gasteiger partial charge in [-0.2, -0.15) is 0 Å². The van der Waals surface area contributed by atoms with Gasteiger partial charge in [-0.15, -0.1) is 0 Å². The van der Waals surface area contributed by atoms with Crippen LogP contribution in [0, 0.1) is 10.1 Å². The molecule has 0 bridgehead atoms. The Balaban J connectivity index is 1.56. The highest BCUT2D eigenvalue weighted by Crippen LogP contribution is 2.51. The topological polar surface area (TPSA) is 99.4 Å². The number of ether oxygens (including phenoxy) is 2. The van der Waals surface area contributed by atoms with E-state index in [1.807, 2.05) is 48.5 Å². The highest BCUT2D eigenvalue weighted by atomic mass is 16.6. The van der Waals surface area contributed by atoms with Gasteiger partial charge in [0.2, 0.25) is 5.88 Å². The summed E-state index contributed by atoms with van der Waals surface area (Å²) >= 11 is 0. The van der Waals surface area contributed by atoms with Gasteiger partial charge in [0, 0.05) is 29.3 Å².